The molecule has 160 valence electrons. The van der Waals surface area contributed by atoms with E-state index in [1.54, 1.807) is 10.6 Å². The van der Waals surface area contributed by atoms with Crippen molar-refractivity contribution >= 4 is 49.6 Å². The summed E-state index contributed by atoms with van der Waals surface area (Å²) in [7, 11) is 1.52. The fourth-order valence-corrected chi connectivity index (χ4v) is 4.02. The molecule has 0 atom stereocenters. The summed E-state index contributed by atoms with van der Waals surface area (Å²) in [5.74, 6) is -0.00814. The van der Waals surface area contributed by atoms with Crippen LogP contribution in [0.2, 0.25) is 0 Å². The number of para-hydroxylation sites is 1. The third kappa shape index (κ3) is 3.32. The molecule has 3 N–H and O–H groups in total. The van der Waals surface area contributed by atoms with Crippen molar-refractivity contribution in [2.75, 3.05) is 0 Å². The van der Waals surface area contributed by atoms with Crippen molar-refractivity contribution in [2.45, 2.75) is 6.54 Å². The van der Waals surface area contributed by atoms with E-state index in [2.05, 4.69) is 41.1 Å². The molecule has 0 amide bonds. The van der Waals surface area contributed by atoms with Crippen molar-refractivity contribution < 1.29 is 5.11 Å². The van der Waals surface area contributed by atoms with Gasteiger partial charge in [-0.2, -0.15) is 4.98 Å². The van der Waals surface area contributed by atoms with E-state index >= 15 is 0 Å². The molecule has 3 aromatic heterocycles. The lowest BCUT2D eigenvalue weighted by atomic mass is 10.2. The number of fused-ring (bicyclic) bond motifs is 2. The molecule has 0 aliphatic heterocycles. The van der Waals surface area contributed by atoms with Crippen LogP contribution in [0.4, 0.5) is 11.6 Å². The molecule has 0 aliphatic carbocycles. The first-order valence-corrected chi connectivity index (χ1v) is 10.4. The normalized spacial score (nSPS) is 11.8. The standard InChI is InChI=1S/C21H16BrN7O3/c1-28-17-16(19(31)25-21(28)32)29(10-11-5-4-6-12(22)9-11)20(24-17)27-26-15-13-7-2-3-8-14(13)23-18(15)30/h2-9,23,30H,10H2,1H3,(H,25,31,32). The van der Waals surface area contributed by atoms with Crippen LogP contribution < -0.4 is 11.2 Å². The highest BCUT2D eigenvalue weighted by Crippen LogP contribution is 2.36. The molecular weight excluding hydrogens is 478 g/mol. The number of aromatic nitrogens is 5. The Morgan fingerprint density at radius 1 is 1.09 bits per heavy atom. The van der Waals surface area contributed by atoms with E-state index in [4.69, 9.17) is 0 Å². The minimum absolute atomic E-state index is 0.122. The average Bonchev–Trinajstić information content (AvgIpc) is 3.28. The Morgan fingerprint density at radius 2 is 1.91 bits per heavy atom. The van der Waals surface area contributed by atoms with E-state index in [9.17, 15) is 14.7 Å². The second-order valence-corrected chi connectivity index (χ2v) is 8.10. The highest BCUT2D eigenvalue weighted by atomic mass is 79.9. The smallest absolute Gasteiger partial charge is 0.329 e. The van der Waals surface area contributed by atoms with E-state index in [1.165, 1.54) is 11.6 Å². The number of H-pyrrole nitrogens is 2. The molecule has 10 nitrogen and oxygen atoms in total. The Balaban J connectivity index is 1.71. The molecule has 0 spiro atoms. The number of hydrogen-bond acceptors (Lipinski definition) is 6. The second-order valence-electron chi connectivity index (χ2n) is 7.19. The number of nitrogens with zero attached hydrogens (tertiary/aromatic N) is 5. The number of halogens is 1. The molecule has 11 heteroatoms. The van der Waals surface area contributed by atoms with Crippen LogP contribution in [0.1, 0.15) is 5.56 Å². The van der Waals surface area contributed by atoms with Crippen molar-refractivity contribution in [3.8, 4) is 5.88 Å². The van der Waals surface area contributed by atoms with Gasteiger partial charge in [0.15, 0.2) is 16.9 Å². The quantitative estimate of drug-likeness (QED) is 0.328. The molecule has 5 rings (SSSR count). The maximum Gasteiger partial charge on any atom is 0.329 e. The van der Waals surface area contributed by atoms with Crippen LogP contribution in [0.3, 0.4) is 0 Å². The highest BCUT2D eigenvalue weighted by molar-refractivity contribution is 9.10. The number of imidazole rings is 1. The average molecular weight is 494 g/mol. The Kier molecular flexibility index (Phi) is 4.74. The Morgan fingerprint density at radius 3 is 2.72 bits per heavy atom. The number of rotatable bonds is 4. The molecule has 0 saturated heterocycles. The largest absolute Gasteiger partial charge is 0.493 e. The predicted octanol–water partition coefficient (Wildman–Crippen LogP) is 3.84. The third-order valence-corrected chi connectivity index (χ3v) is 5.61. The molecule has 0 unspecified atom stereocenters. The lowest BCUT2D eigenvalue weighted by Crippen LogP contribution is -2.29. The summed E-state index contributed by atoms with van der Waals surface area (Å²) in [4.78, 5) is 34.3. The lowest BCUT2D eigenvalue weighted by Gasteiger charge is -2.06. The number of hydrogen-bond donors (Lipinski definition) is 3. The Labute approximate surface area is 188 Å². The van der Waals surface area contributed by atoms with Gasteiger partial charge in [-0.3, -0.25) is 18.9 Å². The van der Waals surface area contributed by atoms with Crippen molar-refractivity contribution in [2.24, 2.45) is 17.3 Å². The van der Waals surface area contributed by atoms with Gasteiger partial charge < -0.3 is 10.1 Å². The van der Waals surface area contributed by atoms with E-state index in [1.807, 2.05) is 42.5 Å². The molecule has 0 radical (unpaired) electrons. The van der Waals surface area contributed by atoms with Crippen LogP contribution >= 0.6 is 15.9 Å². The van der Waals surface area contributed by atoms with E-state index in [0.29, 0.717) is 10.9 Å². The topological polar surface area (TPSA) is 133 Å². The minimum atomic E-state index is -0.577. The summed E-state index contributed by atoms with van der Waals surface area (Å²) in [6.45, 7) is 0.269. The van der Waals surface area contributed by atoms with E-state index in [0.717, 1.165) is 10.0 Å². The van der Waals surface area contributed by atoms with Crippen molar-refractivity contribution in [3.63, 3.8) is 0 Å². The molecular formula is C21H16BrN7O3. The van der Waals surface area contributed by atoms with Crippen LogP contribution in [-0.2, 0) is 13.6 Å². The van der Waals surface area contributed by atoms with Gasteiger partial charge in [-0.05, 0) is 23.8 Å². The number of aromatic hydroxyl groups is 1. The summed E-state index contributed by atoms with van der Waals surface area (Å²) in [6.07, 6.45) is 0. The molecule has 0 fully saturated rings. The van der Waals surface area contributed by atoms with Gasteiger partial charge in [-0.15, -0.1) is 10.2 Å². The monoisotopic (exact) mass is 493 g/mol. The van der Waals surface area contributed by atoms with Gasteiger partial charge in [0, 0.05) is 16.9 Å². The zero-order valence-electron chi connectivity index (χ0n) is 16.7. The van der Waals surface area contributed by atoms with Gasteiger partial charge in [0.25, 0.3) is 11.5 Å². The first-order chi connectivity index (χ1) is 15.4. The van der Waals surface area contributed by atoms with Crippen LogP contribution in [0, 0.1) is 0 Å². The number of aromatic amines is 2. The molecule has 0 bridgehead atoms. The third-order valence-electron chi connectivity index (χ3n) is 5.12. The number of azo groups is 1. The van der Waals surface area contributed by atoms with Crippen molar-refractivity contribution in [3.05, 3.63) is 79.4 Å². The van der Waals surface area contributed by atoms with Gasteiger partial charge in [-0.1, -0.05) is 46.3 Å². The van der Waals surface area contributed by atoms with Crippen LogP contribution in [0.15, 0.2) is 72.8 Å². The number of benzene rings is 2. The van der Waals surface area contributed by atoms with Crippen molar-refractivity contribution in [1.29, 1.82) is 0 Å². The summed E-state index contributed by atoms with van der Waals surface area (Å²) < 4.78 is 3.72. The summed E-state index contributed by atoms with van der Waals surface area (Å²) in [5.41, 5.74) is 1.09. The fraction of sp³-hybridized carbons (Fsp3) is 0.0952. The maximum atomic E-state index is 12.6. The SMILES string of the molecule is Cn1c(=O)[nH]c(=O)c2c1nc(N=Nc1c(O)[nH]c3ccccc13)n2Cc1cccc(Br)c1. The first-order valence-electron chi connectivity index (χ1n) is 9.58. The zero-order chi connectivity index (χ0) is 22.4. The van der Waals surface area contributed by atoms with Gasteiger partial charge in [0.05, 0.1) is 12.1 Å². The summed E-state index contributed by atoms with van der Waals surface area (Å²) in [5, 5.41) is 19.4. The van der Waals surface area contributed by atoms with E-state index in [-0.39, 0.29) is 35.2 Å². The summed E-state index contributed by atoms with van der Waals surface area (Å²) in [6, 6.07) is 14.9. The molecule has 2 aromatic carbocycles. The maximum absolute atomic E-state index is 12.6. The Hall–Kier alpha value is -3.99. The molecule has 5 aromatic rings. The van der Waals surface area contributed by atoms with Crippen LogP contribution in [0.5, 0.6) is 5.88 Å². The number of nitrogens with one attached hydrogen (secondary N) is 2. The minimum Gasteiger partial charge on any atom is -0.493 e. The first kappa shape index (κ1) is 19.9. The summed E-state index contributed by atoms with van der Waals surface area (Å²) >= 11 is 3.45. The van der Waals surface area contributed by atoms with Gasteiger partial charge in [-0.25, -0.2) is 4.79 Å². The lowest BCUT2D eigenvalue weighted by molar-refractivity contribution is 0.459. The van der Waals surface area contributed by atoms with Crippen molar-refractivity contribution in [1.82, 2.24) is 24.1 Å². The molecule has 3 heterocycles. The highest BCUT2D eigenvalue weighted by Gasteiger charge is 2.18. The van der Waals surface area contributed by atoms with Gasteiger partial charge in [0.1, 0.15) is 0 Å². The Bertz CT molecular complexity index is 1640. The molecule has 0 saturated carbocycles. The second kappa shape index (κ2) is 7.61. The number of aryl methyl sites for hydroxylation is 1. The van der Waals surface area contributed by atoms with Crippen LogP contribution in [0.25, 0.3) is 22.1 Å². The zero-order valence-corrected chi connectivity index (χ0v) is 18.3. The molecule has 32 heavy (non-hydrogen) atoms. The van der Waals surface area contributed by atoms with Gasteiger partial charge >= 0.3 is 5.69 Å². The molecule has 0 aliphatic rings. The predicted molar refractivity (Wildman–Crippen MR) is 123 cm³/mol. The van der Waals surface area contributed by atoms with Crippen LogP contribution in [-0.4, -0.2) is 29.2 Å². The van der Waals surface area contributed by atoms with Gasteiger partial charge in [0.2, 0.25) is 5.88 Å². The fourth-order valence-electron chi connectivity index (χ4n) is 3.58. The van der Waals surface area contributed by atoms with E-state index < -0.39 is 11.2 Å².